The van der Waals surface area contributed by atoms with E-state index in [-0.39, 0.29) is 5.56 Å². The molecule has 6 rings (SSSR count). The minimum Gasteiger partial charge on any atom is -0.337 e. The van der Waals surface area contributed by atoms with Gasteiger partial charge < -0.3 is 4.90 Å². The molecule has 0 atom stereocenters. The maximum Gasteiger partial charge on any atom is 0.272 e. The zero-order valence-corrected chi connectivity index (χ0v) is 21.5. The molecule has 2 aromatic heterocycles. The fraction of sp³-hybridized carbons (Fsp3) is 0.231. The van der Waals surface area contributed by atoms with Crippen LogP contribution in [0.25, 0.3) is 10.6 Å². The predicted octanol–water partition coefficient (Wildman–Crippen LogP) is 3.81. The Balaban J connectivity index is 1.71. The number of rotatable bonds is 1. The molecule has 0 fully saturated rings. The third-order valence-electron chi connectivity index (χ3n) is 6.50. The summed E-state index contributed by atoms with van der Waals surface area (Å²) in [4.78, 5) is 17.1. The molecule has 166 valence electrons. The smallest absolute Gasteiger partial charge is 0.272 e. The fourth-order valence-corrected chi connectivity index (χ4v) is 8.41. The Morgan fingerprint density at radius 3 is 2.82 bits per heavy atom. The lowest BCUT2D eigenvalue weighted by Crippen LogP contribution is -2.42. The molecule has 0 radical (unpaired) electrons. The van der Waals surface area contributed by atoms with Crippen LogP contribution in [-0.4, -0.2) is 11.6 Å². The van der Waals surface area contributed by atoms with Crippen molar-refractivity contribution < 1.29 is 4.57 Å². The largest absolute Gasteiger partial charge is 0.337 e. The van der Waals surface area contributed by atoms with Gasteiger partial charge in [0.15, 0.2) is 12.7 Å². The lowest BCUT2D eigenvalue weighted by atomic mass is 9.94. The Morgan fingerprint density at radius 2 is 2.00 bits per heavy atom. The summed E-state index contributed by atoms with van der Waals surface area (Å²) in [7, 11) is 2.07. The molecule has 0 aliphatic carbocycles. The van der Waals surface area contributed by atoms with Gasteiger partial charge in [0.1, 0.15) is 14.2 Å². The highest BCUT2D eigenvalue weighted by Crippen LogP contribution is 2.45. The van der Waals surface area contributed by atoms with Crippen molar-refractivity contribution in [3.05, 3.63) is 94.8 Å². The van der Waals surface area contributed by atoms with Gasteiger partial charge in [-0.15, -0.1) is 11.3 Å². The van der Waals surface area contributed by atoms with E-state index < -0.39 is 0 Å². The van der Waals surface area contributed by atoms with Gasteiger partial charge in [-0.3, -0.25) is 9.36 Å². The minimum absolute atomic E-state index is 0.103. The summed E-state index contributed by atoms with van der Waals surface area (Å²) in [5.74, 6) is 0. The Kier molecular flexibility index (Phi) is 4.90. The molecule has 2 aromatic carbocycles. The third kappa shape index (κ3) is 3.10. The normalized spacial score (nSPS) is 17.8. The number of thiazole rings is 2. The summed E-state index contributed by atoms with van der Waals surface area (Å²) in [6, 6.07) is 13.0. The molecule has 33 heavy (non-hydrogen) atoms. The summed E-state index contributed by atoms with van der Waals surface area (Å²) in [5, 5.41) is 4.40. The monoisotopic (exact) mass is 490 g/mol. The Bertz CT molecular complexity index is 1620. The van der Waals surface area contributed by atoms with Crippen molar-refractivity contribution in [3.63, 3.8) is 0 Å². The van der Waals surface area contributed by atoms with Crippen molar-refractivity contribution in [1.29, 1.82) is 0 Å². The van der Waals surface area contributed by atoms with Crippen LogP contribution in [-0.2, 0) is 13.1 Å². The minimum atomic E-state index is 0.103. The SMILES string of the molecule is CCn1c(=O)/c(=C2\Sc3cc(C)ccc3N2C)s/c1=C1/c2cccc(C)c2C[n+]2ccsc21. The zero-order valence-electron chi connectivity index (χ0n) is 19.0. The van der Waals surface area contributed by atoms with Gasteiger partial charge in [-0.05, 0) is 44.0 Å². The standard InChI is InChI=1S/C26H24N3OS3/c1-5-29-23(30)22(26-27(4)19-10-9-15(2)13-20(19)32-26)33-25(29)21-17-8-6-7-16(3)18(17)14-28-11-12-31-24(21)28/h6-13H,5,14H2,1-4H3/q+1/b26-22+. The molecule has 2 aliphatic heterocycles. The van der Waals surface area contributed by atoms with Crippen LogP contribution >= 0.6 is 34.4 Å². The van der Waals surface area contributed by atoms with E-state index in [0.29, 0.717) is 6.54 Å². The van der Waals surface area contributed by atoms with Crippen molar-refractivity contribution in [1.82, 2.24) is 4.57 Å². The molecule has 4 nitrogen and oxygen atoms in total. The van der Waals surface area contributed by atoms with Crippen LogP contribution in [0.1, 0.15) is 34.2 Å². The topological polar surface area (TPSA) is 29.1 Å². The van der Waals surface area contributed by atoms with Crippen molar-refractivity contribution >= 4 is 50.7 Å². The average molecular weight is 491 g/mol. The van der Waals surface area contributed by atoms with Crippen molar-refractivity contribution in [2.24, 2.45) is 0 Å². The number of aromatic nitrogens is 2. The number of anilines is 1. The first-order valence-electron chi connectivity index (χ1n) is 11.0. The van der Waals surface area contributed by atoms with Gasteiger partial charge in [0.2, 0.25) is 0 Å². The summed E-state index contributed by atoms with van der Waals surface area (Å²) in [5.41, 5.74) is 7.58. The van der Waals surface area contributed by atoms with Crippen molar-refractivity contribution in [3.8, 4) is 0 Å². The summed E-state index contributed by atoms with van der Waals surface area (Å²) < 4.78 is 6.16. The van der Waals surface area contributed by atoms with Crippen molar-refractivity contribution in [2.45, 2.75) is 38.8 Å². The molecule has 4 aromatic rings. The highest BCUT2D eigenvalue weighted by Gasteiger charge is 2.32. The van der Waals surface area contributed by atoms with Gasteiger partial charge in [-0.2, -0.15) is 4.57 Å². The highest BCUT2D eigenvalue weighted by molar-refractivity contribution is 8.08. The number of benzene rings is 2. The molecule has 0 saturated heterocycles. The first kappa shape index (κ1) is 21.0. The average Bonchev–Trinajstić information content (AvgIpc) is 3.48. The lowest BCUT2D eigenvalue weighted by Gasteiger charge is -2.16. The van der Waals surface area contributed by atoms with E-state index in [0.717, 1.165) is 20.8 Å². The number of nitrogens with zero attached hydrogens (tertiary/aromatic N) is 3. The van der Waals surface area contributed by atoms with Gasteiger partial charge >= 0.3 is 0 Å². The first-order chi connectivity index (χ1) is 16.0. The van der Waals surface area contributed by atoms with Gasteiger partial charge in [0.25, 0.3) is 10.6 Å². The van der Waals surface area contributed by atoms with Crippen molar-refractivity contribution in [2.75, 3.05) is 11.9 Å². The molecule has 7 heteroatoms. The molecule has 0 unspecified atom stereocenters. The van der Waals surface area contributed by atoms with Gasteiger partial charge in [-0.25, -0.2) is 0 Å². The lowest BCUT2D eigenvalue weighted by molar-refractivity contribution is -0.687. The van der Waals surface area contributed by atoms with E-state index in [9.17, 15) is 4.79 Å². The Labute approximate surface area is 204 Å². The zero-order chi connectivity index (χ0) is 22.9. The number of hydrogen-bond acceptors (Lipinski definition) is 5. The predicted molar refractivity (Wildman–Crippen MR) is 139 cm³/mol. The summed E-state index contributed by atoms with van der Waals surface area (Å²) >= 11 is 5.10. The van der Waals surface area contributed by atoms with E-state index in [4.69, 9.17) is 0 Å². The second-order valence-electron chi connectivity index (χ2n) is 8.54. The van der Waals surface area contributed by atoms with E-state index >= 15 is 0 Å². The first-order valence-corrected chi connectivity index (χ1v) is 13.6. The molecular formula is C26H24N3OS3+. The number of aryl methyl sites for hydroxylation is 2. The number of thioether (sulfide) groups is 1. The molecule has 0 bridgehead atoms. The van der Waals surface area contributed by atoms with E-state index in [1.165, 1.54) is 43.4 Å². The van der Waals surface area contributed by atoms with E-state index in [1.807, 2.05) is 4.57 Å². The molecule has 0 amide bonds. The molecule has 0 spiro atoms. The van der Waals surface area contributed by atoms with Crippen LogP contribution in [0.3, 0.4) is 0 Å². The van der Waals surface area contributed by atoms with Crippen LogP contribution < -0.4 is 24.2 Å². The van der Waals surface area contributed by atoms with Crippen LogP contribution in [0.15, 0.2) is 57.7 Å². The second kappa shape index (κ2) is 7.72. The maximum atomic E-state index is 13.7. The number of fused-ring (bicyclic) bond motifs is 3. The quantitative estimate of drug-likeness (QED) is 0.335. The van der Waals surface area contributed by atoms with Crippen LogP contribution in [0, 0.1) is 13.8 Å². The second-order valence-corrected chi connectivity index (χ2v) is 11.5. The van der Waals surface area contributed by atoms with Crippen LogP contribution in [0.4, 0.5) is 5.69 Å². The van der Waals surface area contributed by atoms with Gasteiger partial charge in [0, 0.05) is 29.6 Å². The Morgan fingerprint density at radius 1 is 1.15 bits per heavy atom. The van der Waals surface area contributed by atoms with E-state index in [1.54, 1.807) is 34.4 Å². The highest BCUT2D eigenvalue weighted by atomic mass is 32.2. The maximum absolute atomic E-state index is 13.7. The molecule has 0 N–H and O–H groups in total. The summed E-state index contributed by atoms with van der Waals surface area (Å²) in [6.07, 6.45) is 2.16. The molecule has 2 aliphatic rings. The van der Waals surface area contributed by atoms with Crippen LogP contribution in [0.2, 0.25) is 0 Å². The summed E-state index contributed by atoms with van der Waals surface area (Å²) in [6.45, 7) is 7.89. The van der Waals surface area contributed by atoms with E-state index in [2.05, 4.69) is 85.3 Å². The molecule has 0 saturated carbocycles. The Hall–Kier alpha value is -2.61. The van der Waals surface area contributed by atoms with Gasteiger partial charge in [0.05, 0.1) is 16.6 Å². The van der Waals surface area contributed by atoms with Crippen LogP contribution in [0.5, 0.6) is 0 Å². The molecule has 4 heterocycles. The number of hydrogen-bond donors (Lipinski definition) is 0. The fourth-order valence-electron chi connectivity index (χ4n) is 4.75. The molecular weight excluding hydrogens is 467 g/mol. The van der Waals surface area contributed by atoms with Gasteiger partial charge in [-0.1, -0.05) is 47.4 Å². The third-order valence-corrected chi connectivity index (χ3v) is 9.96.